The minimum atomic E-state index is -0.0557. The number of aromatic amines is 1. The summed E-state index contributed by atoms with van der Waals surface area (Å²) in [7, 11) is 3.21. The van der Waals surface area contributed by atoms with Gasteiger partial charge in [-0.1, -0.05) is 44.2 Å². The van der Waals surface area contributed by atoms with Crippen molar-refractivity contribution < 1.29 is 14.3 Å². The lowest BCUT2D eigenvalue weighted by atomic mass is 10.1. The molecule has 0 aliphatic rings. The number of benzene rings is 2. The van der Waals surface area contributed by atoms with Crippen LogP contribution >= 0.6 is 0 Å². The van der Waals surface area contributed by atoms with Crippen LogP contribution in [0.2, 0.25) is 0 Å². The van der Waals surface area contributed by atoms with Crippen molar-refractivity contribution in [3.63, 3.8) is 0 Å². The molecular formula is C22H24N2O3. The number of ketones is 1. The maximum absolute atomic E-state index is 12.1. The number of ether oxygens (including phenoxy) is 2. The molecule has 0 atom stereocenters. The number of nitrogens with one attached hydrogen (secondary N) is 1. The largest absolute Gasteiger partial charge is 0.497 e. The number of carbonyl (C=O) groups excluding carboxylic acids is 1. The van der Waals surface area contributed by atoms with Gasteiger partial charge in [-0.3, -0.25) is 9.89 Å². The van der Waals surface area contributed by atoms with E-state index in [-0.39, 0.29) is 5.78 Å². The van der Waals surface area contributed by atoms with E-state index in [1.807, 2.05) is 50.2 Å². The highest BCUT2D eigenvalue weighted by Crippen LogP contribution is 2.29. The number of aromatic nitrogens is 2. The second kappa shape index (κ2) is 9.97. The average Bonchev–Trinajstić information content (AvgIpc) is 3.22. The zero-order chi connectivity index (χ0) is 19.6. The fraction of sp³-hybridized carbons (Fsp3) is 0.182. The topological polar surface area (TPSA) is 64.2 Å². The first-order valence-corrected chi connectivity index (χ1v) is 8.76. The van der Waals surface area contributed by atoms with E-state index in [1.54, 1.807) is 38.5 Å². The number of hydrogen-bond acceptors (Lipinski definition) is 4. The van der Waals surface area contributed by atoms with Crippen LogP contribution in [0.1, 0.15) is 29.9 Å². The van der Waals surface area contributed by atoms with Gasteiger partial charge in [-0.15, -0.1) is 0 Å². The summed E-state index contributed by atoms with van der Waals surface area (Å²) in [5.74, 6) is 1.32. The van der Waals surface area contributed by atoms with Gasteiger partial charge in [0.2, 0.25) is 0 Å². The van der Waals surface area contributed by atoms with E-state index in [9.17, 15) is 4.79 Å². The first kappa shape index (κ1) is 20.0. The molecule has 1 heterocycles. The Morgan fingerprint density at radius 3 is 2.19 bits per heavy atom. The van der Waals surface area contributed by atoms with Gasteiger partial charge in [-0.25, -0.2) is 0 Å². The third-order valence-electron chi connectivity index (χ3n) is 3.72. The third kappa shape index (κ3) is 5.31. The molecule has 5 nitrogen and oxygen atoms in total. The van der Waals surface area contributed by atoms with Crippen LogP contribution in [0, 0.1) is 0 Å². The van der Waals surface area contributed by atoms with E-state index in [2.05, 4.69) is 10.2 Å². The van der Waals surface area contributed by atoms with Crippen LogP contribution in [-0.2, 0) is 0 Å². The molecule has 0 bridgehead atoms. The van der Waals surface area contributed by atoms with Crippen molar-refractivity contribution in [3.05, 3.63) is 71.9 Å². The molecule has 140 valence electrons. The molecule has 1 aromatic heterocycles. The average molecular weight is 364 g/mol. The molecule has 0 radical (unpaired) electrons. The number of methoxy groups -OCH3 is 2. The monoisotopic (exact) mass is 364 g/mol. The van der Waals surface area contributed by atoms with E-state index in [1.165, 1.54) is 6.08 Å². The predicted octanol–water partition coefficient (Wildman–Crippen LogP) is 5.02. The molecule has 0 saturated heterocycles. The van der Waals surface area contributed by atoms with Crippen molar-refractivity contribution in [2.24, 2.45) is 0 Å². The summed E-state index contributed by atoms with van der Waals surface area (Å²) in [6, 6.07) is 16.5. The molecule has 3 aromatic rings. The Labute approximate surface area is 159 Å². The van der Waals surface area contributed by atoms with E-state index in [0.717, 1.165) is 17.0 Å². The van der Waals surface area contributed by atoms with Crippen molar-refractivity contribution in [2.75, 3.05) is 14.2 Å². The minimum absolute atomic E-state index is 0.0557. The van der Waals surface area contributed by atoms with Gasteiger partial charge in [0.05, 0.1) is 25.6 Å². The van der Waals surface area contributed by atoms with Gasteiger partial charge in [-0.05, 0) is 30.4 Å². The Hall–Kier alpha value is -3.34. The Morgan fingerprint density at radius 1 is 0.963 bits per heavy atom. The lowest BCUT2D eigenvalue weighted by Crippen LogP contribution is -1.92. The van der Waals surface area contributed by atoms with E-state index in [4.69, 9.17) is 9.47 Å². The van der Waals surface area contributed by atoms with Gasteiger partial charge in [0, 0.05) is 17.2 Å². The van der Waals surface area contributed by atoms with Crippen LogP contribution in [0.3, 0.4) is 0 Å². The van der Waals surface area contributed by atoms with Crippen LogP contribution in [0.5, 0.6) is 11.5 Å². The van der Waals surface area contributed by atoms with E-state index >= 15 is 0 Å². The number of H-pyrrole nitrogens is 1. The molecule has 3 rings (SSSR count). The summed E-state index contributed by atoms with van der Waals surface area (Å²) in [5.41, 5.74) is 2.99. The van der Waals surface area contributed by atoms with Crippen molar-refractivity contribution in [2.45, 2.75) is 13.8 Å². The zero-order valence-electron chi connectivity index (χ0n) is 16.0. The van der Waals surface area contributed by atoms with Gasteiger partial charge in [-0.2, -0.15) is 5.10 Å². The Morgan fingerprint density at radius 2 is 1.59 bits per heavy atom. The van der Waals surface area contributed by atoms with Crippen LogP contribution in [-0.4, -0.2) is 30.2 Å². The number of hydrogen-bond donors (Lipinski definition) is 1. The molecule has 0 amide bonds. The maximum atomic E-state index is 12.1. The molecule has 0 fully saturated rings. The predicted molar refractivity (Wildman–Crippen MR) is 108 cm³/mol. The van der Waals surface area contributed by atoms with Crippen molar-refractivity contribution in [1.29, 1.82) is 0 Å². The fourth-order valence-electron chi connectivity index (χ4n) is 2.39. The highest BCUT2D eigenvalue weighted by Gasteiger charge is 2.08. The summed E-state index contributed by atoms with van der Waals surface area (Å²) >= 11 is 0. The molecule has 0 spiro atoms. The van der Waals surface area contributed by atoms with Crippen molar-refractivity contribution in [1.82, 2.24) is 10.2 Å². The smallest absolute Gasteiger partial charge is 0.185 e. The number of nitrogens with zero attached hydrogens (tertiary/aromatic N) is 1. The van der Waals surface area contributed by atoms with Gasteiger partial charge >= 0.3 is 0 Å². The van der Waals surface area contributed by atoms with Crippen LogP contribution in [0.4, 0.5) is 0 Å². The molecule has 2 aromatic carbocycles. The van der Waals surface area contributed by atoms with Crippen molar-refractivity contribution in [3.8, 4) is 22.8 Å². The Bertz CT molecular complexity index is 877. The zero-order valence-corrected chi connectivity index (χ0v) is 16.0. The summed E-state index contributed by atoms with van der Waals surface area (Å²) in [4.78, 5) is 12.1. The Kier molecular flexibility index (Phi) is 7.37. The molecular weight excluding hydrogens is 340 g/mol. The molecule has 0 aliphatic carbocycles. The normalized spacial score (nSPS) is 10.2. The highest BCUT2D eigenvalue weighted by molar-refractivity contribution is 6.06. The number of rotatable bonds is 6. The SMILES string of the molecule is CC.COc1cc(OC)cc(-c2cc(/C=C/C(=O)c3ccccc3)[nH]n2)c1. The van der Waals surface area contributed by atoms with E-state index < -0.39 is 0 Å². The van der Waals surface area contributed by atoms with Crippen molar-refractivity contribution >= 4 is 11.9 Å². The first-order valence-electron chi connectivity index (χ1n) is 8.76. The molecule has 0 unspecified atom stereocenters. The van der Waals surface area contributed by atoms with Gasteiger partial charge < -0.3 is 9.47 Å². The standard InChI is InChI=1S/C20H18N2O3.C2H6/c1-24-17-10-15(11-18(13-17)25-2)19-12-16(21-22-19)8-9-20(23)14-6-4-3-5-7-14;1-2/h3-13H,1-2H3,(H,21,22);1-2H3/b9-8+;. The molecule has 1 N–H and O–H groups in total. The second-order valence-electron chi connectivity index (χ2n) is 5.37. The van der Waals surface area contributed by atoms with Crippen LogP contribution < -0.4 is 9.47 Å². The second-order valence-corrected chi connectivity index (χ2v) is 5.37. The maximum Gasteiger partial charge on any atom is 0.185 e. The number of carbonyl (C=O) groups is 1. The Balaban J connectivity index is 0.00000126. The summed E-state index contributed by atoms with van der Waals surface area (Å²) in [6.07, 6.45) is 3.24. The van der Waals surface area contributed by atoms with E-state index in [0.29, 0.717) is 17.1 Å². The van der Waals surface area contributed by atoms with Gasteiger partial charge in [0.1, 0.15) is 11.5 Å². The van der Waals surface area contributed by atoms with Crippen LogP contribution in [0.25, 0.3) is 17.3 Å². The molecule has 0 saturated carbocycles. The first-order chi connectivity index (χ1) is 13.2. The lowest BCUT2D eigenvalue weighted by Gasteiger charge is -2.06. The number of allylic oxidation sites excluding steroid dienone is 1. The summed E-state index contributed by atoms with van der Waals surface area (Å²) in [6.45, 7) is 4.00. The van der Waals surface area contributed by atoms with Gasteiger partial charge in [0.25, 0.3) is 0 Å². The molecule has 5 heteroatoms. The molecule has 27 heavy (non-hydrogen) atoms. The summed E-state index contributed by atoms with van der Waals surface area (Å²) in [5, 5.41) is 7.20. The van der Waals surface area contributed by atoms with Gasteiger partial charge in [0.15, 0.2) is 5.78 Å². The quantitative estimate of drug-likeness (QED) is 0.493. The molecule has 0 aliphatic heterocycles. The van der Waals surface area contributed by atoms with Crippen LogP contribution in [0.15, 0.2) is 60.7 Å². The third-order valence-corrected chi connectivity index (χ3v) is 3.72. The highest BCUT2D eigenvalue weighted by atomic mass is 16.5. The lowest BCUT2D eigenvalue weighted by molar-refractivity contribution is 0.104. The summed E-state index contributed by atoms with van der Waals surface area (Å²) < 4.78 is 10.6. The fourth-order valence-corrected chi connectivity index (χ4v) is 2.39. The minimum Gasteiger partial charge on any atom is -0.497 e.